The molecule has 0 aliphatic rings. The van der Waals surface area contributed by atoms with Gasteiger partial charge in [-0.1, -0.05) is 32.8 Å². The summed E-state index contributed by atoms with van der Waals surface area (Å²) in [7, 11) is 1.64. The third kappa shape index (κ3) is 4.94. The van der Waals surface area contributed by atoms with Crippen molar-refractivity contribution < 1.29 is 4.79 Å². The molecular weight excluding hydrogens is 150 g/mol. The van der Waals surface area contributed by atoms with Crippen LogP contribution in [0.1, 0.15) is 39.0 Å². The van der Waals surface area contributed by atoms with Gasteiger partial charge < -0.3 is 5.32 Å². The molecule has 1 N–H and O–H groups in total. The average Bonchev–Trinajstić information content (AvgIpc) is 2.10. The lowest BCUT2D eigenvalue weighted by Gasteiger charge is -2.02. The van der Waals surface area contributed by atoms with Crippen molar-refractivity contribution in [1.82, 2.24) is 5.32 Å². The molecule has 0 saturated carbocycles. The predicted molar refractivity (Wildman–Crippen MR) is 52.0 cm³/mol. The van der Waals surface area contributed by atoms with Crippen LogP contribution in [0.2, 0.25) is 0 Å². The number of carbonyl (C=O) groups is 1. The molecule has 2 nitrogen and oxygen atoms in total. The molecule has 0 atom stereocenters. The van der Waals surface area contributed by atoms with Crippen LogP contribution in [0.4, 0.5) is 0 Å². The van der Waals surface area contributed by atoms with Gasteiger partial charge in [0.2, 0.25) is 5.91 Å². The fourth-order valence-electron chi connectivity index (χ4n) is 1.06. The van der Waals surface area contributed by atoms with Crippen LogP contribution in [0, 0.1) is 0 Å². The summed E-state index contributed by atoms with van der Waals surface area (Å²) in [4.78, 5) is 11.0. The highest BCUT2D eigenvalue weighted by molar-refractivity contribution is 5.92. The Morgan fingerprint density at radius 3 is 2.50 bits per heavy atom. The Labute approximate surface area is 75.0 Å². The number of hydrogen-bond acceptors (Lipinski definition) is 1. The van der Waals surface area contributed by atoms with E-state index >= 15 is 0 Å². The third-order valence-electron chi connectivity index (χ3n) is 1.88. The molecule has 0 aromatic heterocycles. The topological polar surface area (TPSA) is 29.1 Å². The SMILES string of the molecule is C=C(CCCCCC)C(=O)NC. The molecule has 0 unspecified atom stereocenters. The maximum absolute atomic E-state index is 11.0. The molecule has 2 heteroatoms. The standard InChI is InChI=1S/C10H19NO/c1-4-5-6-7-8-9(2)10(12)11-3/h2,4-8H2,1,3H3,(H,11,12). The lowest BCUT2D eigenvalue weighted by molar-refractivity contribution is -0.117. The quantitative estimate of drug-likeness (QED) is 0.479. The van der Waals surface area contributed by atoms with E-state index in [1.54, 1.807) is 7.05 Å². The van der Waals surface area contributed by atoms with Gasteiger partial charge in [0.05, 0.1) is 0 Å². The fourth-order valence-corrected chi connectivity index (χ4v) is 1.06. The summed E-state index contributed by atoms with van der Waals surface area (Å²) in [5.74, 6) is -0.0218. The van der Waals surface area contributed by atoms with Crippen molar-refractivity contribution in [2.24, 2.45) is 0 Å². The van der Waals surface area contributed by atoms with Gasteiger partial charge in [-0.15, -0.1) is 0 Å². The molecule has 0 fully saturated rings. The van der Waals surface area contributed by atoms with E-state index in [4.69, 9.17) is 0 Å². The maximum atomic E-state index is 11.0. The summed E-state index contributed by atoms with van der Waals surface area (Å²) in [5, 5.41) is 2.57. The van der Waals surface area contributed by atoms with Gasteiger partial charge in [0.1, 0.15) is 0 Å². The largest absolute Gasteiger partial charge is 0.355 e. The first kappa shape index (κ1) is 11.2. The van der Waals surface area contributed by atoms with E-state index in [9.17, 15) is 4.79 Å². The number of nitrogens with one attached hydrogen (secondary N) is 1. The lowest BCUT2D eigenvalue weighted by atomic mass is 10.1. The molecule has 0 heterocycles. The van der Waals surface area contributed by atoms with Crippen LogP contribution >= 0.6 is 0 Å². The summed E-state index contributed by atoms with van der Waals surface area (Å²) >= 11 is 0. The summed E-state index contributed by atoms with van der Waals surface area (Å²) in [6.07, 6.45) is 5.60. The summed E-state index contributed by atoms with van der Waals surface area (Å²) in [6.45, 7) is 5.89. The molecule has 0 radical (unpaired) electrons. The highest BCUT2D eigenvalue weighted by Crippen LogP contribution is 2.08. The zero-order valence-corrected chi connectivity index (χ0v) is 8.15. The Hall–Kier alpha value is -0.790. The minimum Gasteiger partial charge on any atom is -0.355 e. The van der Waals surface area contributed by atoms with Gasteiger partial charge in [0.15, 0.2) is 0 Å². The highest BCUT2D eigenvalue weighted by Gasteiger charge is 2.02. The van der Waals surface area contributed by atoms with Crippen LogP contribution in [0.5, 0.6) is 0 Å². The molecule has 0 spiro atoms. The minimum absolute atomic E-state index is 0.0218. The zero-order valence-electron chi connectivity index (χ0n) is 8.15. The van der Waals surface area contributed by atoms with E-state index in [1.165, 1.54) is 19.3 Å². The molecule has 0 aromatic carbocycles. The highest BCUT2D eigenvalue weighted by atomic mass is 16.1. The number of hydrogen-bond donors (Lipinski definition) is 1. The van der Waals surface area contributed by atoms with E-state index in [0.717, 1.165) is 12.8 Å². The lowest BCUT2D eigenvalue weighted by Crippen LogP contribution is -2.19. The van der Waals surface area contributed by atoms with Crippen molar-refractivity contribution in [3.8, 4) is 0 Å². The van der Waals surface area contributed by atoms with E-state index < -0.39 is 0 Å². The first-order chi connectivity index (χ1) is 5.72. The van der Waals surface area contributed by atoms with Crippen molar-refractivity contribution in [2.45, 2.75) is 39.0 Å². The second-order valence-electron chi connectivity index (χ2n) is 2.99. The van der Waals surface area contributed by atoms with Gasteiger partial charge in [0.25, 0.3) is 0 Å². The van der Waals surface area contributed by atoms with Crippen LogP contribution < -0.4 is 5.32 Å². The monoisotopic (exact) mass is 169 g/mol. The first-order valence-electron chi connectivity index (χ1n) is 4.62. The Balaban J connectivity index is 3.38. The molecule has 1 amide bonds. The predicted octanol–water partition coefficient (Wildman–Crippen LogP) is 2.26. The number of unbranched alkanes of at least 4 members (excludes halogenated alkanes) is 3. The van der Waals surface area contributed by atoms with Crippen molar-refractivity contribution in [3.05, 3.63) is 12.2 Å². The maximum Gasteiger partial charge on any atom is 0.246 e. The number of likely N-dealkylation sites (N-methyl/N-ethyl adjacent to an activating group) is 1. The Morgan fingerprint density at radius 2 is 2.00 bits per heavy atom. The first-order valence-corrected chi connectivity index (χ1v) is 4.62. The number of carbonyl (C=O) groups excluding carboxylic acids is 1. The van der Waals surface area contributed by atoms with Gasteiger partial charge in [-0.05, 0) is 12.8 Å². The number of amides is 1. The Morgan fingerprint density at radius 1 is 1.33 bits per heavy atom. The minimum atomic E-state index is -0.0218. The van der Waals surface area contributed by atoms with E-state index in [0.29, 0.717) is 5.57 Å². The molecule has 12 heavy (non-hydrogen) atoms. The van der Waals surface area contributed by atoms with E-state index in [-0.39, 0.29) is 5.91 Å². The van der Waals surface area contributed by atoms with Crippen molar-refractivity contribution in [2.75, 3.05) is 7.05 Å². The van der Waals surface area contributed by atoms with Gasteiger partial charge in [-0.3, -0.25) is 4.79 Å². The van der Waals surface area contributed by atoms with Crippen molar-refractivity contribution in [1.29, 1.82) is 0 Å². The van der Waals surface area contributed by atoms with Gasteiger partial charge >= 0.3 is 0 Å². The van der Waals surface area contributed by atoms with Gasteiger partial charge in [-0.25, -0.2) is 0 Å². The molecule has 0 aromatic rings. The molecule has 0 aliphatic heterocycles. The zero-order chi connectivity index (χ0) is 9.40. The van der Waals surface area contributed by atoms with E-state index in [1.807, 2.05) is 0 Å². The molecule has 0 aliphatic carbocycles. The van der Waals surface area contributed by atoms with Crippen molar-refractivity contribution >= 4 is 5.91 Å². The van der Waals surface area contributed by atoms with Crippen molar-refractivity contribution in [3.63, 3.8) is 0 Å². The van der Waals surface area contributed by atoms with E-state index in [2.05, 4.69) is 18.8 Å². The van der Waals surface area contributed by atoms with Crippen LogP contribution in [0.3, 0.4) is 0 Å². The average molecular weight is 169 g/mol. The molecule has 0 saturated heterocycles. The van der Waals surface area contributed by atoms with Gasteiger partial charge in [0, 0.05) is 12.6 Å². The second kappa shape index (κ2) is 6.89. The summed E-state index contributed by atoms with van der Waals surface area (Å²) < 4.78 is 0. The smallest absolute Gasteiger partial charge is 0.246 e. The Bertz CT molecular complexity index is 152. The molecule has 0 bridgehead atoms. The number of rotatable bonds is 6. The van der Waals surface area contributed by atoms with Crippen LogP contribution in [-0.2, 0) is 4.79 Å². The van der Waals surface area contributed by atoms with Crippen LogP contribution in [-0.4, -0.2) is 13.0 Å². The second-order valence-corrected chi connectivity index (χ2v) is 2.99. The normalized spacial score (nSPS) is 9.50. The fraction of sp³-hybridized carbons (Fsp3) is 0.700. The summed E-state index contributed by atoms with van der Waals surface area (Å²) in [6, 6.07) is 0. The Kier molecular flexibility index (Phi) is 6.44. The van der Waals surface area contributed by atoms with Crippen LogP contribution in [0.15, 0.2) is 12.2 Å². The molecule has 70 valence electrons. The molecule has 0 rings (SSSR count). The van der Waals surface area contributed by atoms with Crippen LogP contribution in [0.25, 0.3) is 0 Å². The van der Waals surface area contributed by atoms with Gasteiger partial charge in [-0.2, -0.15) is 0 Å². The summed E-state index contributed by atoms with van der Waals surface area (Å²) in [5.41, 5.74) is 0.702. The molecular formula is C10H19NO. The third-order valence-corrected chi connectivity index (χ3v) is 1.88.